The van der Waals surface area contributed by atoms with Gasteiger partial charge in [0.25, 0.3) is 0 Å². The molecule has 0 spiro atoms. The van der Waals surface area contributed by atoms with Crippen molar-refractivity contribution in [2.75, 3.05) is 73.4 Å². The van der Waals surface area contributed by atoms with E-state index >= 15 is 0 Å². The predicted octanol–water partition coefficient (Wildman–Crippen LogP) is 2.47. The molecule has 0 aliphatic rings. The maximum atomic E-state index is 10.2. The Balaban J connectivity index is -0.000000668. The van der Waals surface area contributed by atoms with Crippen LogP contribution >= 0.6 is 0 Å². The molecule has 0 heterocycles. The summed E-state index contributed by atoms with van der Waals surface area (Å²) in [6.07, 6.45) is 4.55. The Morgan fingerprint density at radius 1 is 0.824 bits per heavy atom. The molecule has 0 saturated carbocycles. The van der Waals surface area contributed by atoms with Crippen molar-refractivity contribution in [2.45, 2.75) is 46.5 Å². The Labute approximate surface area is 205 Å². The Hall–Kier alpha value is -2.05. The van der Waals surface area contributed by atoms with E-state index in [1.807, 2.05) is 20.8 Å². The van der Waals surface area contributed by atoms with Crippen molar-refractivity contribution in [3.8, 4) is 0 Å². The number of nitrogens with one attached hydrogen (secondary N) is 1. The van der Waals surface area contributed by atoms with Gasteiger partial charge in [-0.25, -0.2) is 10.5 Å². The van der Waals surface area contributed by atoms with E-state index in [4.69, 9.17) is 14.2 Å². The van der Waals surface area contributed by atoms with Crippen molar-refractivity contribution in [1.29, 1.82) is 0 Å². The van der Waals surface area contributed by atoms with Gasteiger partial charge in [0, 0.05) is 53.0 Å². The van der Waals surface area contributed by atoms with Crippen LogP contribution in [0, 0.1) is 0 Å². The maximum absolute atomic E-state index is 10.2. The molecule has 0 atom stereocenters. The van der Waals surface area contributed by atoms with Crippen LogP contribution in [0.1, 0.15) is 46.5 Å². The second-order valence-electron chi connectivity index (χ2n) is 6.40. The number of carbonyl (C=O) groups excluding carboxylic acids is 3. The first-order valence-corrected chi connectivity index (χ1v) is 11.8. The number of rotatable bonds is 22. The minimum Gasteiger partial charge on any atom is -0.380 e. The fourth-order valence-corrected chi connectivity index (χ4v) is 1.86. The van der Waals surface area contributed by atoms with Gasteiger partial charge in [0.15, 0.2) is 0 Å². The molecular formula is C23H47N5O6. The Kier molecular flexibility index (Phi) is 35.6. The van der Waals surface area contributed by atoms with Gasteiger partial charge < -0.3 is 28.6 Å². The Morgan fingerprint density at radius 3 is 1.50 bits per heavy atom. The fourth-order valence-electron chi connectivity index (χ4n) is 1.86. The first kappa shape index (κ1) is 36.5. The number of allylic oxidation sites excluding steroid dienone is 1. The highest BCUT2D eigenvalue weighted by Gasteiger charge is 2.05. The molecule has 0 rings (SSSR count). The first-order chi connectivity index (χ1) is 16.5. The number of aldehydes is 3. The average molecular weight is 490 g/mol. The van der Waals surface area contributed by atoms with E-state index in [1.165, 1.54) is 5.12 Å². The highest BCUT2D eigenvalue weighted by atomic mass is 16.5. The lowest BCUT2D eigenvalue weighted by atomic mass is 10.4. The lowest BCUT2D eigenvalue weighted by Crippen LogP contribution is -2.34. The maximum Gasteiger partial charge on any atom is 0.122 e. The fraction of sp³-hybridized carbons (Fsp3) is 0.783. The Bertz CT molecular complexity index is 452. The van der Waals surface area contributed by atoms with Crippen LogP contribution in [-0.2, 0) is 28.6 Å². The molecule has 0 aliphatic heterocycles. The topological polar surface area (TPSA) is 122 Å². The molecule has 0 fully saturated rings. The van der Waals surface area contributed by atoms with Crippen molar-refractivity contribution in [3.63, 3.8) is 0 Å². The zero-order chi connectivity index (χ0) is 26.3. The molecular weight excluding hydrogens is 442 g/mol. The van der Waals surface area contributed by atoms with Crippen LogP contribution in [-0.4, -0.2) is 102 Å². The van der Waals surface area contributed by atoms with Crippen molar-refractivity contribution in [1.82, 2.24) is 15.4 Å². The summed E-state index contributed by atoms with van der Waals surface area (Å²) in [5.74, 6) is 0. The zero-order valence-electron chi connectivity index (χ0n) is 21.9. The summed E-state index contributed by atoms with van der Waals surface area (Å²) < 4.78 is 16.0. The number of hydrogen-bond donors (Lipinski definition) is 1. The van der Waals surface area contributed by atoms with Crippen LogP contribution in [0.5, 0.6) is 0 Å². The van der Waals surface area contributed by atoms with Gasteiger partial charge in [-0.2, -0.15) is 0 Å². The summed E-state index contributed by atoms with van der Waals surface area (Å²) in [6.45, 7) is 14.7. The summed E-state index contributed by atoms with van der Waals surface area (Å²) in [5, 5.41) is 9.08. The van der Waals surface area contributed by atoms with Gasteiger partial charge in [0.05, 0.1) is 45.3 Å². The van der Waals surface area contributed by atoms with Gasteiger partial charge in [0.2, 0.25) is 0 Å². The van der Waals surface area contributed by atoms with Crippen molar-refractivity contribution >= 4 is 18.9 Å². The molecule has 0 amide bonds. The van der Waals surface area contributed by atoms with E-state index in [0.29, 0.717) is 78.5 Å². The SMILES string of the molecule is C=C(CC)N=NN(C)NC.CC.O=CCCOCCN(CCOCCC=O)CCOCCC=O. The molecule has 0 aromatic rings. The van der Waals surface area contributed by atoms with Gasteiger partial charge in [0.1, 0.15) is 18.9 Å². The second-order valence-corrected chi connectivity index (χ2v) is 6.40. The van der Waals surface area contributed by atoms with Crippen LogP contribution in [0.4, 0.5) is 0 Å². The van der Waals surface area contributed by atoms with E-state index in [0.717, 1.165) is 31.0 Å². The van der Waals surface area contributed by atoms with Crippen LogP contribution in [0.3, 0.4) is 0 Å². The predicted molar refractivity (Wildman–Crippen MR) is 133 cm³/mol. The van der Waals surface area contributed by atoms with Crippen molar-refractivity contribution in [2.24, 2.45) is 10.3 Å². The van der Waals surface area contributed by atoms with E-state index in [9.17, 15) is 14.4 Å². The summed E-state index contributed by atoms with van der Waals surface area (Å²) in [5.41, 5.74) is 3.56. The van der Waals surface area contributed by atoms with E-state index < -0.39 is 0 Å². The zero-order valence-corrected chi connectivity index (χ0v) is 21.9. The highest BCUT2D eigenvalue weighted by Crippen LogP contribution is 1.98. The first-order valence-electron chi connectivity index (χ1n) is 11.8. The molecule has 0 bridgehead atoms. The quantitative estimate of drug-likeness (QED) is 0.106. The molecule has 0 unspecified atom stereocenters. The van der Waals surface area contributed by atoms with Crippen LogP contribution in [0.2, 0.25) is 0 Å². The van der Waals surface area contributed by atoms with Crippen LogP contribution < -0.4 is 5.43 Å². The third-order valence-corrected chi connectivity index (χ3v) is 3.85. The van der Waals surface area contributed by atoms with Gasteiger partial charge in [-0.15, -0.1) is 5.11 Å². The molecule has 1 N–H and O–H groups in total. The molecule has 0 radical (unpaired) electrons. The third kappa shape index (κ3) is 32.1. The van der Waals surface area contributed by atoms with Gasteiger partial charge in [-0.05, 0) is 6.42 Å². The second kappa shape index (κ2) is 33.1. The highest BCUT2D eigenvalue weighted by molar-refractivity contribution is 5.49. The average Bonchev–Trinajstić information content (AvgIpc) is 2.87. The summed E-state index contributed by atoms with van der Waals surface area (Å²) in [7, 11) is 3.54. The van der Waals surface area contributed by atoms with E-state index in [1.54, 1.807) is 14.1 Å². The largest absolute Gasteiger partial charge is 0.380 e. The number of hydrogen-bond acceptors (Lipinski definition) is 10. The van der Waals surface area contributed by atoms with Gasteiger partial charge in [-0.3, -0.25) is 4.90 Å². The molecule has 200 valence electrons. The van der Waals surface area contributed by atoms with Gasteiger partial charge in [-0.1, -0.05) is 32.6 Å². The van der Waals surface area contributed by atoms with Crippen LogP contribution in [0.15, 0.2) is 22.6 Å². The lowest BCUT2D eigenvalue weighted by Gasteiger charge is -2.22. The normalized spacial score (nSPS) is 10.2. The minimum atomic E-state index is 0.406. The monoisotopic (exact) mass is 489 g/mol. The van der Waals surface area contributed by atoms with Crippen molar-refractivity contribution in [3.05, 3.63) is 12.3 Å². The summed E-state index contributed by atoms with van der Waals surface area (Å²) >= 11 is 0. The van der Waals surface area contributed by atoms with Crippen molar-refractivity contribution < 1.29 is 28.6 Å². The van der Waals surface area contributed by atoms with E-state index in [-0.39, 0.29) is 0 Å². The number of hydrazine groups is 1. The number of carbonyl (C=O) groups is 3. The molecule has 0 aromatic carbocycles. The molecule has 11 heteroatoms. The summed E-state index contributed by atoms with van der Waals surface area (Å²) in [6, 6.07) is 0. The van der Waals surface area contributed by atoms with Crippen LogP contribution in [0.25, 0.3) is 0 Å². The Morgan fingerprint density at radius 2 is 1.21 bits per heavy atom. The summed E-state index contributed by atoms with van der Waals surface area (Å²) in [4.78, 5) is 32.7. The van der Waals surface area contributed by atoms with E-state index in [2.05, 4.69) is 27.2 Å². The lowest BCUT2D eigenvalue weighted by molar-refractivity contribution is -0.109. The number of ether oxygens (including phenoxy) is 3. The standard InChI is InChI=1S/C15H27NO6.C6H14N4.C2H6/c17-7-1-10-20-13-4-16(5-14-21-11-2-8-18)6-15-22-12-3-9-19;1-5-6(2)8-9-10(4)7-3;1-2/h7-9H,1-6,10-15H2;7H,2,5H2,1,3-4H3;1-2H3. The van der Waals surface area contributed by atoms with Gasteiger partial charge >= 0.3 is 0 Å². The minimum absolute atomic E-state index is 0.406. The smallest absolute Gasteiger partial charge is 0.122 e. The molecule has 0 aliphatic carbocycles. The molecule has 0 aromatic heterocycles. The third-order valence-electron chi connectivity index (χ3n) is 3.85. The molecule has 34 heavy (non-hydrogen) atoms. The molecule has 0 saturated heterocycles. The molecule has 11 nitrogen and oxygen atoms in total. The number of nitrogens with zero attached hydrogens (tertiary/aromatic N) is 4.